The number of quaternary nitrogens is 1. The van der Waals surface area contributed by atoms with Crippen molar-refractivity contribution >= 4 is 13.7 Å². The van der Waals surface area contributed by atoms with E-state index in [-0.39, 0.29) is 19.1 Å². The van der Waals surface area contributed by atoms with Crippen LogP contribution in [0.1, 0.15) is 373 Å². The van der Waals surface area contributed by atoms with Crippen molar-refractivity contribution in [1.29, 1.82) is 0 Å². The molecule has 0 radical (unpaired) electrons. The normalized spacial score (nSPS) is 14.1. The first-order valence-electron chi connectivity index (χ1n) is 40.3. The van der Waals surface area contributed by atoms with Gasteiger partial charge in [-0.05, 0) is 83.5 Å². The highest BCUT2D eigenvalue weighted by Gasteiger charge is 2.28. The lowest BCUT2D eigenvalue weighted by molar-refractivity contribution is -0.870. The molecular weight excluding hydrogens is 1180 g/mol. The van der Waals surface area contributed by atoms with Crippen LogP contribution < -0.4 is 5.32 Å². The third kappa shape index (κ3) is 76.5. The van der Waals surface area contributed by atoms with E-state index in [0.29, 0.717) is 17.4 Å². The van der Waals surface area contributed by atoms with Gasteiger partial charge in [-0.2, -0.15) is 0 Å². The van der Waals surface area contributed by atoms with E-state index in [0.717, 1.165) is 89.9 Å². The Morgan fingerprint density at radius 3 is 0.936 bits per heavy atom. The third-order valence-electron chi connectivity index (χ3n) is 18.0. The van der Waals surface area contributed by atoms with E-state index in [2.05, 4.69) is 116 Å². The van der Waals surface area contributed by atoms with E-state index in [9.17, 15) is 19.4 Å². The maximum Gasteiger partial charge on any atom is 0.472 e. The average molecular weight is 1330 g/mol. The summed E-state index contributed by atoms with van der Waals surface area (Å²) in [6, 6.07) is -0.854. The maximum atomic E-state index is 13.1. The summed E-state index contributed by atoms with van der Waals surface area (Å²) in [4.78, 5) is 23.5. The van der Waals surface area contributed by atoms with Gasteiger partial charge in [-0.15, -0.1) is 0 Å². The summed E-state index contributed by atoms with van der Waals surface area (Å²) in [7, 11) is 1.58. The molecule has 0 aliphatic heterocycles. The van der Waals surface area contributed by atoms with Gasteiger partial charge in [0.1, 0.15) is 13.2 Å². The van der Waals surface area contributed by atoms with Gasteiger partial charge in [0.05, 0.1) is 39.9 Å². The Hall–Kier alpha value is -2.84. The van der Waals surface area contributed by atoms with E-state index in [4.69, 9.17) is 9.05 Å². The van der Waals surface area contributed by atoms with Crippen molar-refractivity contribution in [3.8, 4) is 0 Å². The molecule has 0 aromatic heterocycles. The van der Waals surface area contributed by atoms with Crippen LogP contribution in [0.2, 0.25) is 0 Å². The molecule has 0 fully saturated rings. The number of aliphatic hydroxyl groups excluding tert-OH is 1. The van der Waals surface area contributed by atoms with Gasteiger partial charge in [-0.25, -0.2) is 4.57 Å². The van der Waals surface area contributed by atoms with Gasteiger partial charge in [0.15, 0.2) is 0 Å². The summed E-state index contributed by atoms with van der Waals surface area (Å²) < 4.78 is 23.9. The van der Waals surface area contributed by atoms with Crippen LogP contribution in [0.4, 0.5) is 0 Å². The van der Waals surface area contributed by atoms with Crippen molar-refractivity contribution in [3.63, 3.8) is 0 Å². The molecule has 0 aromatic carbocycles. The molecule has 0 heterocycles. The lowest BCUT2D eigenvalue weighted by Crippen LogP contribution is -2.45. The van der Waals surface area contributed by atoms with Gasteiger partial charge in [0, 0.05) is 6.42 Å². The number of amides is 1. The van der Waals surface area contributed by atoms with Crippen molar-refractivity contribution in [1.82, 2.24) is 5.32 Å². The van der Waals surface area contributed by atoms with Crippen LogP contribution in [0.25, 0.3) is 0 Å². The first-order valence-corrected chi connectivity index (χ1v) is 41.8. The molecule has 0 aliphatic rings. The molecule has 0 saturated heterocycles. The summed E-state index contributed by atoms with van der Waals surface area (Å²) in [6.07, 6.45) is 110. The van der Waals surface area contributed by atoms with E-state index in [1.165, 1.54) is 263 Å². The average Bonchev–Trinajstić information content (AvgIpc) is 1.77. The molecule has 9 heteroatoms. The highest BCUT2D eigenvalue weighted by molar-refractivity contribution is 7.47. The van der Waals surface area contributed by atoms with Crippen LogP contribution in [0.15, 0.2) is 109 Å². The molecule has 0 aromatic rings. The number of unbranched alkanes of at least 4 members (excludes halogenated alkanes) is 45. The quantitative estimate of drug-likeness (QED) is 0.0243. The molecule has 1 amide bonds. The van der Waals surface area contributed by atoms with Crippen molar-refractivity contribution < 1.29 is 32.9 Å². The van der Waals surface area contributed by atoms with Crippen molar-refractivity contribution in [2.75, 3.05) is 40.9 Å². The fraction of sp³-hybridized carbons (Fsp3) is 0.776. The number of nitrogens with one attached hydrogen (secondary N) is 1. The van der Waals surface area contributed by atoms with Gasteiger partial charge in [-0.3, -0.25) is 13.8 Å². The highest BCUT2D eigenvalue weighted by Crippen LogP contribution is 2.43. The van der Waals surface area contributed by atoms with Gasteiger partial charge in [-0.1, -0.05) is 393 Å². The van der Waals surface area contributed by atoms with E-state index in [1.54, 1.807) is 6.08 Å². The number of aliphatic hydroxyl groups is 1. The summed E-state index contributed by atoms with van der Waals surface area (Å²) >= 11 is 0. The fourth-order valence-electron chi connectivity index (χ4n) is 11.8. The minimum atomic E-state index is -4.36. The summed E-state index contributed by atoms with van der Waals surface area (Å²) in [6.45, 7) is 4.74. The third-order valence-corrected chi connectivity index (χ3v) is 19.0. The summed E-state index contributed by atoms with van der Waals surface area (Å²) in [5.41, 5.74) is 0. The molecule has 0 bridgehead atoms. The minimum Gasteiger partial charge on any atom is -0.387 e. The van der Waals surface area contributed by atoms with Crippen molar-refractivity contribution in [2.24, 2.45) is 0 Å². The van der Waals surface area contributed by atoms with Crippen molar-refractivity contribution in [3.05, 3.63) is 109 Å². The number of likely N-dealkylation sites (N-methyl/N-ethyl adjacent to an activating group) is 1. The number of phosphoric acid groups is 1. The van der Waals surface area contributed by atoms with Crippen LogP contribution >= 0.6 is 7.82 Å². The first kappa shape index (κ1) is 91.2. The number of carbonyl (C=O) groups is 1. The molecule has 3 N–H and O–H groups in total. The lowest BCUT2D eigenvalue weighted by atomic mass is 10.0. The number of allylic oxidation sites excluding steroid dienone is 17. The Kier molecular flexibility index (Phi) is 72.1. The molecule has 546 valence electrons. The predicted octanol–water partition coefficient (Wildman–Crippen LogP) is 26.6. The highest BCUT2D eigenvalue weighted by atomic mass is 31.2. The lowest BCUT2D eigenvalue weighted by Gasteiger charge is -2.25. The van der Waals surface area contributed by atoms with E-state index in [1.807, 2.05) is 27.2 Å². The predicted molar refractivity (Wildman–Crippen MR) is 415 cm³/mol. The molecule has 0 spiro atoms. The largest absolute Gasteiger partial charge is 0.472 e. The second-order valence-corrected chi connectivity index (χ2v) is 29.9. The zero-order valence-corrected chi connectivity index (χ0v) is 63.6. The number of carbonyl (C=O) groups excluding carboxylic acids is 1. The van der Waals surface area contributed by atoms with Gasteiger partial charge < -0.3 is 19.8 Å². The fourth-order valence-corrected chi connectivity index (χ4v) is 12.6. The molecule has 3 atom stereocenters. The zero-order valence-electron chi connectivity index (χ0n) is 62.7. The maximum absolute atomic E-state index is 13.1. The molecule has 0 saturated carbocycles. The first-order chi connectivity index (χ1) is 46.0. The SMILES string of the molecule is CC/C=C\C/C=C\C/C=C\C/C=C\C/C=C\C/C=C\C/C=C\C/C=C\CCCCCCCCCCCCCCCCCCC(=O)NC(COP(=O)(O)OCC[N+](C)(C)C)C(O)/C=C/CCCCCCCCCCCCCCCCCCCCCCCCCCCCCCC. The van der Waals surface area contributed by atoms with Crippen LogP contribution in [0.5, 0.6) is 0 Å². The Balaban J connectivity index is 4.00. The van der Waals surface area contributed by atoms with Crippen LogP contribution in [0.3, 0.4) is 0 Å². The number of hydrogen-bond acceptors (Lipinski definition) is 5. The van der Waals surface area contributed by atoms with Crippen LogP contribution in [-0.4, -0.2) is 73.4 Å². The number of rotatable bonds is 74. The molecular formula is C85H156N2O6P+. The Labute approximate surface area is 584 Å². The second kappa shape index (κ2) is 74.4. The number of phosphoric ester groups is 1. The Morgan fingerprint density at radius 2 is 0.638 bits per heavy atom. The Morgan fingerprint density at radius 1 is 0.372 bits per heavy atom. The van der Waals surface area contributed by atoms with Crippen molar-refractivity contribution in [2.45, 2.75) is 386 Å². The molecule has 8 nitrogen and oxygen atoms in total. The molecule has 3 unspecified atom stereocenters. The summed E-state index contributed by atoms with van der Waals surface area (Å²) in [5.74, 6) is -0.174. The summed E-state index contributed by atoms with van der Waals surface area (Å²) in [5, 5.41) is 14.1. The molecule has 0 aliphatic carbocycles. The van der Waals surface area contributed by atoms with E-state index < -0.39 is 20.0 Å². The standard InChI is InChI=1S/C85H155N2O6P/c1-6-8-10-12-14-16-18-20-22-24-26-28-30-32-34-36-38-39-40-41-42-43-44-45-46-47-49-51-53-55-57-59-61-63-65-67-69-71-73-75-77-79-85(89)86-83(82-93-94(90,91)92-81-80-87(3,4)5)84(88)78-76-74-72-70-68-66-64-62-60-58-56-54-52-50-48-37-35-33-31-29-27-25-23-21-19-17-15-13-11-9-7-2/h8,10,14,16,20,22,26,28,32,34,38-39,41-42,44-45,76,78,83-84,88H,6-7,9,11-13,15,17-19,21,23-25,27,29-31,33,35-37,40,43,46-75,77,79-82H2,1-5H3,(H-,86,89,90,91)/p+1/b10-8-,16-14-,22-20-,28-26-,34-32-,39-38-,42-41-,45-44-,78-76+. The minimum absolute atomic E-state index is 0.0596. The monoisotopic (exact) mass is 1330 g/mol. The number of nitrogens with zero attached hydrogens (tertiary/aromatic N) is 1. The van der Waals surface area contributed by atoms with E-state index >= 15 is 0 Å². The van der Waals surface area contributed by atoms with Gasteiger partial charge in [0.25, 0.3) is 0 Å². The van der Waals surface area contributed by atoms with Gasteiger partial charge >= 0.3 is 7.82 Å². The van der Waals surface area contributed by atoms with Crippen LogP contribution in [0, 0.1) is 0 Å². The smallest absolute Gasteiger partial charge is 0.387 e. The zero-order chi connectivity index (χ0) is 68.3. The Bertz CT molecular complexity index is 1910. The molecule has 94 heavy (non-hydrogen) atoms. The van der Waals surface area contributed by atoms with Gasteiger partial charge in [0.2, 0.25) is 5.91 Å². The van der Waals surface area contributed by atoms with Crippen LogP contribution in [-0.2, 0) is 18.4 Å². The second-order valence-electron chi connectivity index (χ2n) is 28.4. The molecule has 0 rings (SSSR count). The number of hydrogen-bond donors (Lipinski definition) is 3. The topological polar surface area (TPSA) is 105 Å².